The average molecular weight is 407 g/mol. The van der Waals surface area contributed by atoms with E-state index in [1.807, 2.05) is 0 Å². The Morgan fingerprint density at radius 2 is 1.60 bits per heavy atom. The Bertz CT molecular complexity index is 1270. The first kappa shape index (κ1) is 19.3. The van der Waals surface area contributed by atoms with Crippen LogP contribution in [0.15, 0.2) is 82.2 Å². The van der Waals surface area contributed by atoms with Crippen LogP contribution in [0.3, 0.4) is 0 Å². The van der Waals surface area contributed by atoms with E-state index >= 15 is 0 Å². The molecule has 7 heteroatoms. The number of carbonyl (C=O) groups is 1. The standard InChI is InChI=1S/C23H15F2NO4/c24-15-2-6-17(7-3-15)26-22(27)12-14-1-10-19-20(11-14)29-13-21(23(19)28)30-18-8-4-16(25)5-9-18/h1-11,13H,12H2,(H,26,27). The van der Waals surface area contributed by atoms with Gasteiger partial charge in [0.1, 0.15) is 29.2 Å². The third-order valence-corrected chi connectivity index (χ3v) is 4.34. The number of benzene rings is 3. The SMILES string of the molecule is O=C(Cc1ccc2c(=O)c(Oc3ccc(F)cc3)coc2c1)Nc1ccc(F)cc1. The lowest BCUT2D eigenvalue weighted by molar-refractivity contribution is -0.115. The summed E-state index contributed by atoms with van der Waals surface area (Å²) in [6.07, 6.45) is 1.22. The molecule has 1 aromatic heterocycles. The second-order valence-electron chi connectivity index (χ2n) is 6.55. The van der Waals surface area contributed by atoms with Crippen LogP contribution in [0.1, 0.15) is 5.56 Å². The van der Waals surface area contributed by atoms with E-state index in [0.29, 0.717) is 22.6 Å². The first-order valence-electron chi connectivity index (χ1n) is 9.01. The topological polar surface area (TPSA) is 68.5 Å². The summed E-state index contributed by atoms with van der Waals surface area (Å²) in [6.45, 7) is 0. The van der Waals surface area contributed by atoms with Crippen molar-refractivity contribution in [1.82, 2.24) is 0 Å². The molecular weight excluding hydrogens is 392 g/mol. The minimum absolute atomic E-state index is 0.0316. The van der Waals surface area contributed by atoms with Gasteiger partial charge >= 0.3 is 0 Å². The summed E-state index contributed by atoms with van der Waals surface area (Å²) in [7, 11) is 0. The Labute approximate surface area is 169 Å². The predicted molar refractivity (Wildman–Crippen MR) is 108 cm³/mol. The Balaban J connectivity index is 1.51. The number of fused-ring (bicyclic) bond motifs is 1. The molecule has 0 fully saturated rings. The lowest BCUT2D eigenvalue weighted by Gasteiger charge is -2.07. The highest BCUT2D eigenvalue weighted by molar-refractivity contribution is 5.92. The van der Waals surface area contributed by atoms with E-state index in [1.165, 1.54) is 54.8 Å². The second-order valence-corrected chi connectivity index (χ2v) is 6.55. The molecule has 4 rings (SSSR count). The fourth-order valence-electron chi connectivity index (χ4n) is 2.89. The molecular formula is C23H15F2NO4. The van der Waals surface area contributed by atoms with E-state index in [4.69, 9.17) is 9.15 Å². The van der Waals surface area contributed by atoms with Crippen LogP contribution in [-0.2, 0) is 11.2 Å². The van der Waals surface area contributed by atoms with E-state index < -0.39 is 5.82 Å². The highest BCUT2D eigenvalue weighted by Crippen LogP contribution is 2.22. The molecule has 0 saturated carbocycles. The number of halogens is 2. The average Bonchev–Trinajstić information content (AvgIpc) is 2.73. The number of amides is 1. The van der Waals surface area contributed by atoms with Gasteiger partial charge in [0.25, 0.3) is 0 Å². The van der Waals surface area contributed by atoms with Crippen molar-refractivity contribution in [1.29, 1.82) is 0 Å². The van der Waals surface area contributed by atoms with E-state index in [0.717, 1.165) is 0 Å². The molecule has 0 unspecified atom stereocenters. The molecule has 0 aliphatic heterocycles. The maximum absolute atomic E-state index is 13.0. The minimum atomic E-state index is -0.413. The van der Waals surface area contributed by atoms with Gasteiger partial charge in [0.05, 0.1) is 11.8 Å². The van der Waals surface area contributed by atoms with Crippen molar-refractivity contribution in [3.05, 3.63) is 100 Å². The zero-order valence-electron chi connectivity index (χ0n) is 15.5. The summed E-state index contributed by atoms with van der Waals surface area (Å²) in [5.41, 5.74) is 1.04. The first-order chi connectivity index (χ1) is 14.5. The van der Waals surface area contributed by atoms with Gasteiger partial charge < -0.3 is 14.5 Å². The van der Waals surface area contributed by atoms with Crippen LogP contribution in [0, 0.1) is 11.6 Å². The molecule has 0 spiro atoms. The number of hydrogen-bond donors (Lipinski definition) is 1. The quantitative estimate of drug-likeness (QED) is 0.503. The molecule has 1 N–H and O–H groups in total. The van der Waals surface area contributed by atoms with E-state index in [1.54, 1.807) is 18.2 Å². The Morgan fingerprint density at radius 3 is 2.30 bits per heavy atom. The summed E-state index contributed by atoms with van der Waals surface area (Å²) >= 11 is 0. The molecule has 0 atom stereocenters. The summed E-state index contributed by atoms with van der Waals surface area (Å²) < 4.78 is 36.9. The number of rotatable bonds is 5. The second kappa shape index (κ2) is 8.16. The minimum Gasteiger partial charge on any atom is -0.460 e. The van der Waals surface area contributed by atoms with Crippen molar-refractivity contribution in [2.45, 2.75) is 6.42 Å². The van der Waals surface area contributed by atoms with Crippen LogP contribution in [0.25, 0.3) is 11.0 Å². The van der Waals surface area contributed by atoms with Crippen LogP contribution in [0.4, 0.5) is 14.5 Å². The van der Waals surface area contributed by atoms with Gasteiger partial charge in [-0.2, -0.15) is 0 Å². The maximum Gasteiger partial charge on any atom is 0.235 e. The predicted octanol–water partition coefficient (Wildman–Crippen LogP) is 5.04. The van der Waals surface area contributed by atoms with Crippen molar-refractivity contribution in [3.63, 3.8) is 0 Å². The van der Waals surface area contributed by atoms with Crippen LogP contribution < -0.4 is 15.5 Å². The van der Waals surface area contributed by atoms with Crippen molar-refractivity contribution in [2.24, 2.45) is 0 Å². The van der Waals surface area contributed by atoms with Crippen LogP contribution in [0.2, 0.25) is 0 Å². The summed E-state index contributed by atoms with van der Waals surface area (Å²) in [5, 5.41) is 2.96. The number of carbonyl (C=O) groups excluding carboxylic acids is 1. The summed E-state index contributed by atoms with van der Waals surface area (Å²) in [4.78, 5) is 24.8. The smallest absolute Gasteiger partial charge is 0.235 e. The lowest BCUT2D eigenvalue weighted by atomic mass is 10.1. The zero-order valence-corrected chi connectivity index (χ0v) is 15.5. The lowest BCUT2D eigenvalue weighted by Crippen LogP contribution is -2.14. The highest BCUT2D eigenvalue weighted by Gasteiger charge is 2.12. The normalized spacial score (nSPS) is 10.7. The molecule has 0 saturated heterocycles. The Hall–Kier alpha value is -4.00. The highest BCUT2D eigenvalue weighted by atomic mass is 19.1. The molecule has 0 bridgehead atoms. The molecule has 4 aromatic rings. The molecule has 30 heavy (non-hydrogen) atoms. The summed E-state index contributed by atoms with van der Waals surface area (Å²) in [6, 6.07) is 15.5. The number of ether oxygens (including phenoxy) is 1. The zero-order chi connectivity index (χ0) is 21.1. The molecule has 0 radical (unpaired) electrons. The van der Waals surface area contributed by atoms with Gasteiger partial charge in [0, 0.05) is 5.69 Å². The van der Waals surface area contributed by atoms with E-state index in [2.05, 4.69) is 5.32 Å². The fourth-order valence-corrected chi connectivity index (χ4v) is 2.89. The van der Waals surface area contributed by atoms with Crippen molar-refractivity contribution < 1.29 is 22.7 Å². The summed E-state index contributed by atoms with van der Waals surface area (Å²) in [5.74, 6) is -0.822. The van der Waals surface area contributed by atoms with Gasteiger partial charge in [0.15, 0.2) is 0 Å². The fraction of sp³-hybridized carbons (Fsp3) is 0.0435. The van der Waals surface area contributed by atoms with E-state index in [-0.39, 0.29) is 34.7 Å². The van der Waals surface area contributed by atoms with Gasteiger partial charge in [-0.3, -0.25) is 9.59 Å². The monoisotopic (exact) mass is 407 g/mol. The molecule has 0 aliphatic rings. The van der Waals surface area contributed by atoms with Gasteiger partial charge in [0.2, 0.25) is 17.1 Å². The number of hydrogen-bond acceptors (Lipinski definition) is 4. The van der Waals surface area contributed by atoms with Crippen molar-refractivity contribution in [3.8, 4) is 11.5 Å². The molecule has 3 aromatic carbocycles. The van der Waals surface area contributed by atoms with Crippen LogP contribution in [0.5, 0.6) is 11.5 Å². The van der Waals surface area contributed by atoms with E-state index in [9.17, 15) is 18.4 Å². The molecule has 1 amide bonds. The number of anilines is 1. The Morgan fingerprint density at radius 1 is 0.933 bits per heavy atom. The Kier molecular flexibility index (Phi) is 5.26. The van der Waals surface area contributed by atoms with Crippen molar-refractivity contribution in [2.75, 3.05) is 5.32 Å². The van der Waals surface area contributed by atoms with Crippen LogP contribution in [-0.4, -0.2) is 5.91 Å². The first-order valence-corrected chi connectivity index (χ1v) is 9.01. The van der Waals surface area contributed by atoms with Gasteiger partial charge in [-0.25, -0.2) is 8.78 Å². The van der Waals surface area contributed by atoms with Gasteiger partial charge in [-0.1, -0.05) is 6.07 Å². The largest absolute Gasteiger partial charge is 0.460 e. The molecule has 0 aliphatic carbocycles. The van der Waals surface area contributed by atoms with Gasteiger partial charge in [-0.05, 0) is 66.2 Å². The molecule has 1 heterocycles. The maximum atomic E-state index is 13.0. The number of nitrogens with one attached hydrogen (secondary N) is 1. The van der Waals surface area contributed by atoms with Crippen LogP contribution >= 0.6 is 0 Å². The third-order valence-electron chi connectivity index (χ3n) is 4.34. The van der Waals surface area contributed by atoms with Crippen molar-refractivity contribution >= 4 is 22.6 Å². The molecule has 5 nitrogen and oxygen atoms in total. The molecule has 150 valence electrons. The van der Waals surface area contributed by atoms with Gasteiger partial charge in [-0.15, -0.1) is 0 Å². The third kappa shape index (κ3) is 4.35.